The Bertz CT molecular complexity index is 938. The second-order valence-corrected chi connectivity index (χ2v) is 6.69. The van der Waals surface area contributed by atoms with E-state index in [4.69, 9.17) is 4.74 Å². The number of carboxylic acids is 1. The average molecular weight is 381 g/mol. The zero-order valence-corrected chi connectivity index (χ0v) is 15.6. The van der Waals surface area contributed by atoms with Gasteiger partial charge >= 0.3 is 5.97 Å². The molecule has 0 unspecified atom stereocenters. The summed E-state index contributed by atoms with van der Waals surface area (Å²) in [5.74, 6) is 0.366. The normalized spacial score (nSPS) is 11.4. The number of ether oxygens (including phenoxy) is 1. The second-order valence-electron chi connectivity index (χ2n) is 5.68. The lowest BCUT2D eigenvalue weighted by Gasteiger charge is -2.07. The van der Waals surface area contributed by atoms with Crippen LogP contribution in [0.15, 0.2) is 64.7 Å². The first kappa shape index (κ1) is 18.7. The van der Waals surface area contributed by atoms with E-state index in [0.29, 0.717) is 23.9 Å². The molecule has 0 bridgehead atoms. The maximum absolute atomic E-state index is 11.6. The minimum atomic E-state index is -1.03. The highest BCUT2D eigenvalue weighted by Crippen LogP contribution is 2.27. The molecule has 2 N–H and O–H groups in total. The minimum Gasteiger partial charge on any atom is -0.489 e. The van der Waals surface area contributed by atoms with Crippen molar-refractivity contribution in [2.75, 3.05) is 0 Å². The summed E-state index contributed by atoms with van der Waals surface area (Å²) < 4.78 is 5.80. The summed E-state index contributed by atoms with van der Waals surface area (Å²) in [5, 5.41) is 16.7. The number of rotatable bonds is 8. The molecule has 7 heteroatoms. The van der Waals surface area contributed by atoms with E-state index in [1.165, 1.54) is 0 Å². The van der Waals surface area contributed by atoms with E-state index in [2.05, 4.69) is 15.2 Å². The number of carbonyl (C=O) groups is 1. The predicted octanol–water partition coefficient (Wildman–Crippen LogP) is 4.16. The molecule has 0 aliphatic heterocycles. The molecule has 3 rings (SSSR count). The van der Waals surface area contributed by atoms with Crippen LogP contribution in [0.1, 0.15) is 23.9 Å². The molecule has 0 saturated heterocycles. The Hall–Kier alpha value is -3.06. The van der Waals surface area contributed by atoms with Crippen LogP contribution in [0.5, 0.6) is 5.75 Å². The first-order valence-electron chi connectivity index (χ1n) is 8.45. The zero-order valence-electron chi connectivity index (χ0n) is 14.8. The number of hydrogen-bond acceptors (Lipinski definition) is 5. The van der Waals surface area contributed by atoms with E-state index in [9.17, 15) is 9.90 Å². The number of aromatic nitrogens is 3. The number of thioether (sulfide) groups is 1. The summed E-state index contributed by atoms with van der Waals surface area (Å²) in [5.41, 5.74) is 1.80. The Morgan fingerprint density at radius 1 is 1.22 bits per heavy atom. The van der Waals surface area contributed by atoms with Crippen LogP contribution in [-0.2, 0) is 17.8 Å². The van der Waals surface area contributed by atoms with E-state index in [0.717, 1.165) is 28.7 Å². The first-order chi connectivity index (χ1) is 13.1. The van der Waals surface area contributed by atoms with E-state index in [1.54, 1.807) is 6.08 Å². The van der Waals surface area contributed by atoms with Gasteiger partial charge in [-0.25, -0.2) is 9.78 Å². The molecular formula is C20H19N3O3S. The zero-order chi connectivity index (χ0) is 19.1. The summed E-state index contributed by atoms with van der Waals surface area (Å²) in [4.78, 5) is 16.0. The Morgan fingerprint density at radius 3 is 2.74 bits per heavy atom. The van der Waals surface area contributed by atoms with Crippen LogP contribution in [0.25, 0.3) is 6.08 Å². The highest BCUT2D eigenvalue weighted by molar-refractivity contribution is 8.04. The number of aromatic amines is 1. The van der Waals surface area contributed by atoms with Gasteiger partial charge in [-0.1, -0.05) is 49.4 Å². The molecule has 1 aromatic heterocycles. The van der Waals surface area contributed by atoms with Crippen molar-refractivity contribution in [3.63, 3.8) is 0 Å². The molecule has 27 heavy (non-hydrogen) atoms. The van der Waals surface area contributed by atoms with Crippen molar-refractivity contribution in [3.8, 4) is 5.75 Å². The van der Waals surface area contributed by atoms with Gasteiger partial charge in [0.25, 0.3) is 0 Å². The van der Waals surface area contributed by atoms with E-state index in [-0.39, 0.29) is 4.91 Å². The molecule has 0 fully saturated rings. The molecule has 0 radical (unpaired) electrons. The van der Waals surface area contributed by atoms with Crippen molar-refractivity contribution in [1.82, 2.24) is 15.2 Å². The van der Waals surface area contributed by atoms with Crippen LogP contribution in [0.3, 0.4) is 0 Å². The Kier molecular flexibility index (Phi) is 6.27. The maximum atomic E-state index is 11.6. The van der Waals surface area contributed by atoms with Crippen LogP contribution in [-0.4, -0.2) is 26.3 Å². The third-order valence-corrected chi connectivity index (χ3v) is 4.54. The van der Waals surface area contributed by atoms with E-state index < -0.39 is 5.97 Å². The smallest absolute Gasteiger partial charge is 0.342 e. The third-order valence-electron chi connectivity index (χ3n) is 3.66. The number of benzene rings is 2. The fraction of sp³-hybridized carbons (Fsp3) is 0.150. The maximum Gasteiger partial charge on any atom is 0.342 e. The van der Waals surface area contributed by atoms with Crippen molar-refractivity contribution in [2.24, 2.45) is 0 Å². The van der Waals surface area contributed by atoms with Gasteiger partial charge < -0.3 is 9.84 Å². The van der Waals surface area contributed by atoms with Crippen molar-refractivity contribution >= 4 is 23.8 Å². The number of nitrogens with one attached hydrogen (secondary N) is 1. The van der Waals surface area contributed by atoms with Crippen molar-refractivity contribution < 1.29 is 14.6 Å². The molecule has 138 valence electrons. The summed E-state index contributed by atoms with van der Waals surface area (Å²) >= 11 is 1.01. The highest BCUT2D eigenvalue weighted by atomic mass is 32.2. The van der Waals surface area contributed by atoms with Crippen LogP contribution < -0.4 is 4.74 Å². The van der Waals surface area contributed by atoms with E-state index >= 15 is 0 Å². The number of hydrogen-bond donors (Lipinski definition) is 2. The SMILES string of the molecule is CCc1nc(S/C(=C\c2cccc(OCc3ccccc3)c2)C(=O)O)n[nH]1. The van der Waals surface area contributed by atoms with Gasteiger partial charge in [0.1, 0.15) is 23.1 Å². The molecule has 3 aromatic rings. The summed E-state index contributed by atoms with van der Waals surface area (Å²) in [7, 11) is 0. The molecule has 0 saturated carbocycles. The highest BCUT2D eigenvalue weighted by Gasteiger charge is 2.13. The molecule has 2 aromatic carbocycles. The number of aliphatic carboxylic acids is 1. The van der Waals surface area contributed by atoms with Gasteiger partial charge in [0, 0.05) is 6.42 Å². The number of H-pyrrole nitrogens is 1. The molecule has 0 aliphatic rings. The molecule has 1 heterocycles. The summed E-state index contributed by atoms with van der Waals surface area (Å²) in [6.45, 7) is 2.40. The molecule has 0 amide bonds. The lowest BCUT2D eigenvalue weighted by molar-refractivity contribution is -0.131. The van der Waals surface area contributed by atoms with Gasteiger partial charge in [0.2, 0.25) is 5.16 Å². The third kappa shape index (κ3) is 5.46. The van der Waals surface area contributed by atoms with Crippen molar-refractivity contribution in [2.45, 2.75) is 25.1 Å². The molecule has 0 atom stereocenters. The standard InChI is InChI=1S/C20H19N3O3S/c1-2-18-21-20(23-22-18)27-17(19(24)25)12-15-9-6-10-16(11-15)26-13-14-7-4-3-5-8-14/h3-12H,2,13H2,1H3,(H,24,25)(H,21,22,23)/b17-12-. The van der Waals surface area contributed by atoms with Gasteiger partial charge in [-0.2, -0.15) is 0 Å². The fourth-order valence-corrected chi connectivity index (χ4v) is 3.03. The van der Waals surface area contributed by atoms with Crippen molar-refractivity contribution in [1.29, 1.82) is 0 Å². The van der Waals surface area contributed by atoms with Crippen LogP contribution >= 0.6 is 11.8 Å². The Balaban J connectivity index is 1.73. The molecule has 0 aliphatic carbocycles. The Morgan fingerprint density at radius 2 is 2.04 bits per heavy atom. The fourth-order valence-electron chi connectivity index (χ4n) is 2.30. The van der Waals surface area contributed by atoms with Gasteiger partial charge in [0.15, 0.2) is 0 Å². The topological polar surface area (TPSA) is 88.1 Å². The summed E-state index contributed by atoms with van der Waals surface area (Å²) in [6.07, 6.45) is 2.30. The second kappa shape index (κ2) is 9.05. The molecular weight excluding hydrogens is 362 g/mol. The van der Waals surface area contributed by atoms with Gasteiger partial charge in [-0.15, -0.1) is 5.10 Å². The molecule has 6 nitrogen and oxygen atoms in total. The number of aryl methyl sites for hydroxylation is 1. The summed E-state index contributed by atoms with van der Waals surface area (Å²) in [6, 6.07) is 17.2. The van der Waals surface area contributed by atoms with Crippen molar-refractivity contribution in [3.05, 3.63) is 76.5 Å². The largest absolute Gasteiger partial charge is 0.489 e. The number of carboxylic acid groups (broad SMARTS) is 1. The van der Waals surface area contributed by atoms with Crippen LogP contribution in [0, 0.1) is 0 Å². The Labute approximate surface area is 161 Å². The van der Waals surface area contributed by atoms with Gasteiger partial charge in [0.05, 0.1) is 0 Å². The minimum absolute atomic E-state index is 0.136. The first-order valence-corrected chi connectivity index (χ1v) is 9.26. The predicted molar refractivity (Wildman–Crippen MR) is 104 cm³/mol. The monoisotopic (exact) mass is 381 g/mol. The quantitative estimate of drug-likeness (QED) is 0.450. The number of nitrogens with zero attached hydrogens (tertiary/aromatic N) is 2. The van der Waals surface area contributed by atoms with Crippen LogP contribution in [0.4, 0.5) is 0 Å². The lowest BCUT2D eigenvalue weighted by atomic mass is 10.2. The van der Waals surface area contributed by atoms with Gasteiger partial charge in [-0.05, 0) is 41.1 Å². The van der Waals surface area contributed by atoms with Crippen LogP contribution in [0.2, 0.25) is 0 Å². The van der Waals surface area contributed by atoms with Gasteiger partial charge in [-0.3, -0.25) is 5.10 Å². The van der Waals surface area contributed by atoms with E-state index in [1.807, 2.05) is 61.5 Å². The lowest BCUT2D eigenvalue weighted by Crippen LogP contribution is -1.98. The average Bonchev–Trinajstić information content (AvgIpc) is 3.15. The molecule has 0 spiro atoms.